The van der Waals surface area contributed by atoms with E-state index in [1.165, 1.54) is 11.1 Å². The number of hydrogen-bond donors (Lipinski definition) is 2. The molecule has 13 heteroatoms. The van der Waals surface area contributed by atoms with Crippen LogP contribution in [0.2, 0.25) is 0 Å². The Hall–Kier alpha value is -5.46. The first kappa shape index (κ1) is 23.9. The predicted molar refractivity (Wildman–Crippen MR) is 146 cm³/mol. The molecule has 2 aromatic carbocycles. The standard InChI is InChI=1S/C26H24N12O/c1-15(31-23-21(22(27)28-14-29-23)24-33-35-37(3)34-24)25-32-19-11-7-10-18(16-12-30-36(2)13-16)20(19)26(39)38(25)17-8-5-4-6-9-17/h4-15H,1-3H3,(H3,27,28,29,31). The number of aromatic nitrogens is 10. The second-order valence-corrected chi connectivity index (χ2v) is 9.00. The minimum absolute atomic E-state index is 0.195. The van der Waals surface area contributed by atoms with E-state index in [1.54, 1.807) is 22.5 Å². The Bertz CT molecular complexity index is 1870. The van der Waals surface area contributed by atoms with E-state index in [1.807, 2.05) is 68.7 Å². The van der Waals surface area contributed by atoms with E-state index < -0.39 is 6.04 Å². The molecule has 0 fully saturated rings. The fourth-order valence-corrected chi connectivity index (χ4v) is 4.55. The highest BCUT2D eigenvalue weighted by atomic mass is 16.1. The van der Waals surface area contributed by atoms with Crippen LogP contribution >= 0.6 is 0 Å². The van der Waals surface area contributed by atoms with Gasteiger partial charge in [0.1, 0.15) is 29.4 Å². The van der Waals surface area contributed by atoms with E-state index in [4.69, 9.17) is 10.7 Å². The number of hydrogen-bond acceptors (Lipinski definition) is 10. The van der Waals surface area contributed by atoms with Crippen molar-refractivity contribution in [2.45, 2.75) is 13.0 Å². The van der Waals surface area contributed by atoms with Gasteiger partial charge in [0.25, 0.3) is 5.56 Å². The van der Waals surface area contributed by atoms with Crippen molar-refractivity contribution < 1.29 is 0 Å². The molecule has 6 aromatic rings. The van der Waals surface area contributed by atoms with Crippen LogP contribution in [0.25, 0.3) is 39.1 Å². The van der Waals surface area contributed by atoms with Gasteiger partial charge in [-0.3, -0.25) is 14.0 Å². The van der Waals surface area contributed by atoms with Gasteiger partial charge in [0.2, 0.25) is 5.82 Å². The summed E-state index contributed by atoms with van der Waals surface area (Å²) >= 11 is 0. The molecule has 0 spiro atoms. The van der Waals surface area contributed by atoms with Crippen LogP contribution < -0.4 is 16.6 Å². The summed E-state index contributed by atoms with van der Waals surface area (Å²) in [6, 6.07) is 14.5. The van der Waals surface area contributed by atoms with Crippen molar-refractivity contribution in [1.82, 2.24) is 49.5 Å². The zero-order chi connectivity index (χ0) is 27.1. The second-order valence-electron chi connectivity index (χ2n) is 9.00. The van der Waals surface area contributed by atoms with E-state index in [0.29, 0.717) is 33.8 Å². The lowest BCUT2D eigenvalue weighted by atomic mass is 10.0. The Labute approximate surface area is 222 Å². The molecule has 0 aliphatic rings. The maximum atomic E-state index is 14.2. The normalized spacial score (nSPS) is 12.1. The molecule has 13 nitrogen and oxygen atoms in total. The number of nitrogens with one attached hydrogen (secondary N) is 1. The predicted octanol–water partition coefficient (Wildman–Crippen LogP) is 2.52. The van der Waals surface area contributed by atoms with E-state index in [-0.39, 0.29) is 17.2 Å². The highest BCUT2D eigenvalue weighted by Gasteiger charge is 2.23. The molecule has 1 unspecified atom stereocenters. The Morgan fingerprint density at radius 2 is 1.85 bits per heavy atom. The monoisotopic (exact) mass is 520 g/mol. The minimum Gasteiger partial charge on any atom is -0.383 e. The van der Waals surface area contributed by atoms with Crippen molar-refractivity contribution in [2.24, 2.45) is 14.1 Å². The molecule has 3 N–H and O–H groups in total. The van der Waals surface area contributed by atoms with E-state index >= 15 is 0 Å². The minimum atomic E-state index is -0.492. The number of para-hydroxylation sites is 1. The number of tetrazole rings is 1. The first-order valence-electron chi connectivity index (χ1n) is 12.1. The maximum absolute atomic E-state index is 14.2. The number of nitrogens with zero attached hydrogens (tertiary/aromatic N) is 10. The molecule has 0 aliphatic heterocycles. The Morgan fingerprint density at radius 3 is 2.56 bits per heavy atom. The topological polar surface area (TPSA) is 160 Å². The van der Waals surface area contributed by atoms with Crippen LogP contribution in [0.15, 0.2) is 72.0 Å². The third-order valence-electron chi connectivity index (χ3n) is 6.30. The van der Waals surface area contributed by atoms with Crippen molar-refractivity contribution in [3.8, 4) is 28.2 Å². The van der Waals surface area contributed by atoms with Crippen LogP contribution in [-0.4, -0.2) is 49.5 Å². The molecule has 4 heterocycles. The van der Waals surface area contributed by atoms with E-state index in [9.17, 15) is 4.79 Å². The van der Waals surface area contributed by atoms with E-state index in [2.05, 4.69) is 35.8 Å². The van der Waals surface area contributed by atoms with Gasteiger partial charge in [0, 0.05) is 18.8 Å². The summed E-state index contributed by atoms with van der Waals surface area (Å²) in [6.07, 6.45) is 4.96. The quantitative estimate of drug-likeness (QED) is 0.334. The SMILES string of the molecule is CC(Nc1ncnc(N)c1-c1nnn(C)n1)c1nc2cccc(-c3cnn(C)c3)c2c(=O)n1-c1ccccc1. The lowest BCUT2D eigenvalue weighted by Crippen LogP contribution is -2.28. The number of nitrogens with two attached hydrogens (primary N) is 1. The summed E-state index contributed by atoms with van der Waals surface area (Å²) < 4.78 is 3.32. The molecule has 0 bridgehead atoms. The van der Waals surface area contributed by atoms with Crippen LogP contribution in [0, 0.1) is 0 Å². The molecule has 4 aromatic heterocycles. The Kier molecular flexibility index (Phi) is 5.79. The van der Waals surface area contributed by atoms with Crippen molar-refractivity contribution in [3.63, 3.8) is 0 Å². The third kappa shape index (κ3) is 4.25. The lowest BCUT2D eigenvalue weighted by Gasteiger charge is -2.21. The average Bonchev–Trinajstić information content (AvgIpc) is 3.56. The fraction of sp³-hybridized carbons (Fsp3) is 0.154. The zero-order valence-electron chi connectivity index (χ0n) is 21.4. The number of aryl methyl sites for hydroxylation is 2. The van der Waals surface area contributed by atoms with Gasteiger partial charge >= 0.3 is 0 Å². The van der Waals surface area contributed by atoms with Crippen molar-refractivity contribution in [3.05, 3.63) is 83.4 Å². The molecule has 6 rings (SSSR count). The number of nitrogen functional groups attached to an aromatic ring is 1. The molecule has 0 saturated carbocycles. The first-order valence-corrected chi connectivity index (χ1v) is 12.1. The zero-order valence-corrected chi connectivity index (χ0v) is 21.4. The molecular weight excluding hydrogens is 496 g/mol. The van der Waals surface area contributed by atoms with Gasteiger partial charge < -0.3 is 11.1 Å². The van der Waals surface area contributed by atoms with Crippen LogP contribution in [0.3, 0.4) is 0 Å². The number of benzene rings is 2. The van der Waals surface area contributed by atoms with E-state index in [0.717, 1.165) is 11.1 Å². The average molecular weight is 521 g/mol. The molecule has 0 saturated heterocycles. The highest BCUT2D eigenvalue weighted by molar-refractivity contribution is 5.94. The molecule has 39 heavy (non-hydrogen) atoms. The van der Waals surface area contributed by atoms with Crippen LogP contribution in [0.5, 0.6) is 0 Å². The van der Waals surface area contributed by atoms with Gasteiger partial charge in [-0.15, -0.1) is 10.2 Å². The summed E-state index contributed by atoms with van der Waals surface area (Å²) in [5.41, 5.74) is 9.23. The molecule has 194 valence electrons. The summed E-state index contributed by atoms with van der Waals surface area (Å²) in [7, 11) is 3.49. The van der Waals surface area contributed by atoms with Crippen molar-refractivity contribution in [2.75, 3.05) is 11.1 Å². The van der Waals surface area contributed by atoms with Gasteiger partial charge in [-0.2, -0.15) is 9.90 Å². The summed E-state index contributed by atoms with van der Waals surface area (Å²) in [4.78, 5) is 29.0. The van der Waals surface area contributed by atoms with Crippen molar-refractivity contribution >= 4 is 22.5 Å². The second kappa shape index (κ2) is 9.45. The van der Waals surface area contributed by atoms with Crippen LogP contribution in [0.4, 0.5) is 11.6 Å². The van der Waals surface area contributed by atoms with Gasteiger partial charge in [-0.1, -0.05) is 30.3 Å². The largest absolute Gasteiger partial charge is 0.383 e. The van der Waals surface area contributed by atoms with Crippen LogP contribution in [0.1, 0.15) is 18.8 Å². The number of anilines is 2. The first-order chi connectivity index (χ1) is 18.9. The fourth-order valence-electron chi connectivity index (χ4n) is 4.55. The Morgan fingerprint density at radius 1 is 1.03 bits per heavy atom. The molecule has 0 amide bonds. The summed E-state index contributed by atoms with van der Waals surface area (Å²) in [5, 5.41) is 20.4. The molecule has 0 aliphatic carbocycles. The lowest BCUT2D eigenvalue weighted by molar-refractivity contribution is 0.630. The molecular formula is C26H24N12O. The molecule has 0 radical (unpaired) electrons. The molecule has 1 atom stereocenters. The third-order valence-corrected chi connectivity index (χ3v) is 6.30. The van der Waals surface area contributed by atoms with Gasteiger partial charge in [0.15, 0.2) is 0 Å². The number of rotatable bonds is 6. The maximum Gasteiger partial charge on any atom is 0.266 e. The number of fused-ring (bicyclic) bond motifs is 1. The van der Waals surface area contributed by atoms with Gasteiger partial charge in [-0.05, 0) is 35.9 Å². The van der Waals surface area contributed by atoms with Gasteiger partial charge in [0.05, 0.1) is 35.9 Å². The van der Waals surface area contributed by atoms with Gasteiger partial charge in [-0.25, -0.2) is 15.0 Å². The highest BCUT2D eigenvalue weighted by Crippen LogP contribution is 2.31. The van der Waals surface area contributed by atoms with Crippen LogP contribution in [-0.2, 0) is 14.1 Å². The summed E-state index contributed by atoms with van der Waals surface area (Å²) in [5.74, 6) is 1.34. The smallest absolute Gasteiger partial charge is 0.266 e. The summed E-state index contributed by atoms with van der Waals surface area (Å²) in [6.45, 7) is 1.89. The van der Waals surface area contributed by atoms with Crippen molar-refractivity contribution in [1.29, 1.82) is 0 Å². The Balaban J connectivity index is 1.54.